The van der Waals surface area contributed by atoms with Gasteiger partial charge in [-0.3, -0.25) is 0 Å². The van der Waals surface area contributed by atoms with Crippen LogP contribution in [0.3, 0.4) is 0 Å². The van der Waals surface area contributed by atoms with Crippen molar-refractivity contribution >= 4 is 130 Å². The maximum absolute atomic E-state index is 11.3. The van der Waals surface area contributed by atoms with Crippen LogP contribution in [0.4, 0.5) is 13.2 Å². The number of carbonyl (C=O) groups excluding carboxylic acids is 16. The maximum Gasteiger partial charge on any atom is 0.422 e. The Morgan fingerprint density at radius 2 is 0.655 bits per heavy atom. The van der Waals surface area contributed by atoms with Crippen molar-refractivity contribution in [1.82, 2.24) is 0 Å². The molecule has 2 atom stereocenters. The van der Waals surface area contributed by atoms with Crippen molar-refractivity contribution < 1.29 is 189 Å². The topological polar surface area (TPSA) is 491 Å². The minimum absolute atomic E-state index is 0.0183. The average Bonchev–Trinajstić information content (AvgIpc) is 0.965. The number of para-hydroxylation sites is 1. The molecule has 2 rings (SSSR count). The first-order valence-corrected chi connectivity index (χ1v) is 46.2. The average molecular weight is 2170 g/mol. The molecule has 0 heterocycles. The van der Waals surface area contributed by atoms with Gasteiger partial charge in [-0.15, -0.1) is 0 Å². The highest BCUT2D eigenvalue weighted by molar-refractivity contribution is 6.66. The molecule has 0 aromatic heterocycles. The molecule has 0 spiro atoms. The predicted molar refractivity (Wildman–Crippen MR) is 549 cm³/mol. The Kier molecular flexibility index (Phi) is 118. The van der Waals surface area contributed by atoms with E-state index in [1.807, 2.05) is 51.1 Å². The number of nitriles is 1. The lowest BCUT2D eigenvalue weighted by atomic mass is 9.92. The maximum atomic E-state index is 11.3. The summed E-state index contributed by atoms with van der Waals surface area (Å²) in [6.07, 6.45) is 31.4. The van der Waals surface area contributed by atoms with Crippen LogP contribution < -0.4 is 4.74 Å². The summed E-state index contributed by atoms with van der Waals surface area (Å²) in [5.74, 6) is -8.12. The molecule has 1 saturated carbocycles. The van der Waals surface area contributed by atoms with Crippen molar-refractivity contribution in [1.29, 1.82) is 5.26 Å². The Morgan fingerprint density at radius 3 is 0.980 bits per heavy atom. The van der Waals surface area contributed by atoms with E-state index in [2.05, 4.69) is 157 Å². The van der Waals surface area contributed by atoms with Crippen LogP contribution in [-0.4, -0.2) is 257 Å². The smallest absolute Gasteiger partial charge is 0.422 e. The molecule has 0 aliphatic heterocycles. The highest BCUT2D eigenvalue weighted by Gasteiger charge is 2.38. The molecule has 1 fully saturated rings. The van der Waals surface area contributed by atoms with Crippen molar-refractivity contribution in [3.05, 3.63) is 245 Å². The zero-order valence-electron chi connectivity index (χ0n) is 85.5. The van der Waals surface area contributed by atoms with E-state index in [9.17, 15) is 89.9 Å². The van der Waals surface area contributed by atoms with Crippen molar-refractivity contribution in [2.75, 3.05) is 139 Å². The Bertz CT molecular complexity index is 3960. The number of carbonyl (C=O) groups is 16. The van der Waals surface area contributed by atoms with Gasteiger partial charge in [-0.05, 0) is 99.3 Å². The van der Waals surface area contributed by atoms with Crippen LogP contribution in [0, 0.1) is 22.7 Å². The Morgan fingerprint density at radius 1 is 0.358 bits per heavy atom. The number of allylic oxidation sites excluding steroid dienone is 1. The number of esters is 16. The number of halogens is 6. The van der Waals surface area contributed by atoms with Gasteiger partial charge in [0.1, 0.15) is 83.3 Å². The molecule has 832 valence electrons. The minimum atomic E-state index is -4.46. The highest BCUT2D eigenvalue weighted by Crippen LogP contribution is 2.28. The summed E-state index contributed by atoms with van der Waals surface area (Å²) >= 11 is 15.1. The third kappa shape index (κ3) is 130. The van der Waals surface area contributed by atoms with Crippen LogP contribution >= 0.6 is 34.8 Å². The Labute approximate surface area is 881 Å². The molecule has 38 nitrogen and oxygen atoms in total. The Balaban J connectivity index is -0.000000178. The lowest BCUT2D eigenvalue weighted by molar-refractivity contribution is -0.182. The molecule has 148 heavy (non-hydrogen) atoms. The van der Waals surface area contributed by atoms with Gasteiger partial charge in [-0.2, -0.15) is 18.4 Å². The number of alkyl halides is 6. The van der Waals surface area contributed by atoms with Crippen LogP contribution in [0.25, 0.3) is 0 Å². The van der Waals surface area contributed by atoms with Crippen LogP contribution in [0.15, 0.2) is 245 Å². The van der Waals surface area contributed by atoms with E-state index in [0.717, 1.165) is 97.6 Å². The minimum Gasteiger partial charge on any atom is -0.490 e. The summed E-state index contributed by atoms with van der Waals surface area (Å²) in [5.41, 5.74) is -1.34. The first-order chi connectivity index (χ1) is 70.2. The number of hydrogen-bond acceptors (Lipinski definition) is 38. The van der Waals surface area contributed by atoms with E-state index in [1.165, 1.54) is 102 Å². The normalized spacial score (nSPS) is 10.5. The lowest BCUT2D eigenvalue weighted by Crippen LogP contribution is -2.43. The second-order valence-electron chi connectivity index (χ2n) is 27.4. The van der Waals surface area contributed by atoms with E-state index in [-0.39, 0.29) is 70.9 Å². The van der Waals surface area contributed by atoms with E-state index >= 15 is 0 Å². The molecule has 0 radical (unpaired) electrons. The quantitative estimate of drug-likeness (QED) is 0.0111. The van der Waals surface area contributed by atoms with Gasteiger partial charge in [0.05, 0.1) is 51.8 Å². The van der Waals surface area contributed by atoms with Gasteiger partial charge < -0.3 is 99.5 Å². The van der Waals surface area contributed by atoms with Gasteiger partial charge in [-0.1, -0.05) is 215 Å². The van der Waals surface area contributed by atoms with Crippen LogP contribution in [0.1, 0.15) is 131 Å². The number of methoxy groups -OCH3 is 1. The molecule has 0 bridgehead atoms. The number of hydrogen-bond donors (Lipinski definition) is 0. The second-order valence-corrected chi connectivity index (χ2v) is 29.6. The third-order valence-corrected chi connectivity index (χ3v) is 15.6. The fourth-order valence-corrected chi connectivity index (χ4v) is 8.37. The Hall–Kier alpha value is -13.9. The summed E-state index contributed by atoms with van der Waals surface area (Å²) in [7, 11) is 1.56. The van der Waals surface area contributed by atoms with Gasteiger partial charge in [-0.25, -0.2) is 76.7 Å². The molecule has 0 saturated heterocycles. The van der Waals surface area contributed by atoms with Crippen LogP contribution in [0.2, 0.25) is 0 Å². The predicted octanol–water partition coefficient (Wildman–Crippen LogP) is 17.1. The molecule has 1 aliphatic rings. The van der Waals surface area contributed by atoms with Crippen LogP contribution in [-0.2, 0) is 171 Å². The largest absolute Gasteiger partial charge is 0.490 e. The van der Waals surface area contributed by atoms with Gasteiger partial charge in [0, 0.05) is 124 Å². The molecule has 0 N–H and O–H groups in total. The van der Waals surface area contributed by atoms with Crippen LogP contribution in [0.5, 0.6) is 5.75 Å². The standard InChI is InChI=1S/C17H20O8.C15H28O2.C11H12O3.C9H12O4.C9H16O4.C9H14O2.C8H14O3.C7H8O4.C7H12O3.C5H5F3O2.C4H3Cl3O2.C3H3N/c1-5-13(18)22-9-17(10-23-14(19)6-2,11-24-15(20)7-3)12-25-16(21)8-4;1-3-5-6-7-8-9-10-11-12-13-14-17-15(16)4-2;1-2-11(12)14-9-8-13-10-6-4-3-5-7-10;1-4-8(10)12-6-7(3)13-9(11)5-2;1-3-9(10)13-8-7-12-6-5-11-4-2;1-2-9(10)11-7-8-5-3-4-6-8;1-3-5-10-6-7-11-8(9)4-2;1-3-6(8)10-5-11-7(9)4-2;1-4-7(8)10-5-6(2)9-3;1-2-4(9)10-3-5(6,7)8;1-2-3(8)9-4(5,6)7;1-2-3-4/h5-8H,1-4,9-12H2;4H,2-3,5-14H2,1H3;2-7H,1,8-9H2;4-5,7H,1-2,6H2,3H3;3H,1,4-8H2,2H3;2,8H,1,3-7H2;4H,2-3,5-7H2,1H3;3-4H,1-2,5H2;4,6H,1,5H2,2-3H3;2H,1,3H2;2H,1H2;2H,1H2. The molecule has 0 amide bonds. The lowest BCUT2D eigenvalue weighted by Gasteiger charge is -2.31. The molecule has 1 aliphatic carbocycles. The SMILES string of the molecule is C=CC#N.C=CC(=O)OC(Cl)(Cl)Cl.C=CC(=O)OCC(C)OC.C=CC(=O)OCC(C)OC(=O)C=C.C=CC(=O)OCC(COC(=O)C=C)(COC(=O)C=C)COC(=O)C=C.C=CC(=O)OCC(F)(F)F.C=CC(=O)OCC1CCCC1.C=CC(=O)OCCCCCCCCCCCC.C=CC(=O)OCCOCCC.C=CC(=O)OCCOCCOCC.C=CC(=O)OCCOc1ccccc1.C=CC(=O)OCOC(=O)C=C. The number of rotatable bonds is 62. The van der Waals surface area contributed by atoms with Crippen molar-refractivity contribution in [2.45, 2.75) is 153 Å². The van der Waals surface area contributed by atoms with Gasteiger partial charge >= 0.3 is 106 Å². The number of benzene rings is 1. The van der Waals surface area contributed by atoms with E-state index in [1.54, 1.807) is 20.1 Å². The monoisotopic (exact) mass is 2160 g/mol. The van der Waals surface area contributed by atoms with Crippen molar-refractivity contribution in [2.24, 2.45) is 11.3 Å². The number of ether oxygens (including phenoxy) is 21. The van der Waals surface area contributed by atoms with E-state index < -0.39 is 119 Å². The molecule has 1 aromatic carbocycles. The van der Waals surface area contributed by atoms with Gasteiger partial charge in [0.25, 0.3) is 0 Å². The number of nitrogens with zero attached hydrogens (tertiary/aromatic N) is 1. The first-order valence-electron chi connectivity index (χ1n) is 45.1. The fraction of sp³-hybridized carbons (Fsp3) is 0.452. The third-order valence-electron chi connectivity index (χ3n) is 15.4. The van der Waals surface area contributed by atoms with E-state index in [0.29, 0.717) is 78.1 Å². The zero-order valence-corrected chi connectivity index (χ0v) is 87.8. The van der Waals surface area contributed by atoms with Gasteiger partial charge in [0.2, 0.25) is 6.79 Å². The zero-order chi connectivity index (χ0) is 115. The first kappa shape index (κ1) is 154. The molecule has 2 unspecified atom stereocenters. The van der Waals surface area contributed by atoms with Gasteiger partial charge in [0.15, 0.2) is 6.61 Å². The van der Waals surface area contributed by atoms with Crippen molar-refractivity contribution in [3.8, 4) is 11.8 Å². The fourth-order valence-electron chi connectivity index (χ4n) is 8.14. The second kappa shape index (κ2) is 113. The van der Waals surface area contributed by atoms with Crippen molar-refractivity contribution in [3.63, 3.8) is 0 Å². The molecule has 44 heteroatoms. The summed E-state index contributed by atoms with van der Waals surface area (Å²) < 4.78 is 131. The summed E-state index contributed by atoms with van der Waals surface area (Å²) in [6.45, 7) is 66.7. The molecular weight excluding hydrogens is 2020 g/mol. The van der Waals surface area contributed by atoms with E-state index in [4.69, 9.17) is 102 Å². The summed E-state index contributed by atoms with van der Waals surface area (Å²) in [6, 6.07) is 11.0. The molecule has 1 aromatic rings. The highest BCUT2D eigenvalue weighted by atomic mass is 35.6. The number of unbranched alkanes of at least 4 members (excludes halogenated alkanes) is 9. The molecular formula is C104H147Cl3F3NO37. The summed E-state index contributed by atoms with van der Waals surface area (Å²) in [5, 5.41) is 7.51. The summed E-state index contributed by atoms with van der Waals surface area (Å²) in [4.78, 5) is 171.